The Hall–Kier alpha value is -1.85. The van der Waals surface area contributed by atoms with E-state index in [1.54, 1.807) is 13.8 Å². The van der Waals surface area contributed by atoms with Crippen LogP contribution in [0.4, 0.5) is 0 Å². The van der Waals surface area contributed by atoms with E-state index in [0.29, 0.717) is 6.42 Å². The molecule has 0 saturated carbocycles. The predicted octanol–water partition coefficient (Wildman–Crippen LogP) is 3.82. The zero-order chi connectivity index (χ0) is 19.7. The number of carbonyl (C=O) groups excluding carboxylic acids is 2. The number of esters is 2. The summed E-state index contributed by atoms with van der Waals surface area (Å²) in [5.74, 6) is -2.18. The highest BCUT2D eigenvalue weighted by molar-refractivity contribution is 6.03. The minimum Gasteiger partial charge on any atom is -0.465 e. The van der Waals surface area contributed by atoms with Crippen molar-refractivity contribution in [3.8, 4) is 0 Å². The molecule has 6 nitrogen and oxygen atoms in total. The van der Waals surface area contributed by atoms with Gasteiger partial charge in [-0.25, -0.2) is 0 Å². The molecule has 0 heterocycles. The maximum absolute atomic E-state index is 12.8. The maximum Gasteiger partial charge on any atom is 0.324 e. The smallest absolute Gasteiger partial charge is 0.324 e. The molecule has 0 spiro atoms. The maximum atomic E-state index is 12.8. The van der Waals surface area contributed by atoms with Crippen molar-refractivity contribution in [1.29, 1.82) is 0 Å². The van der Waals surface area contributed by atoms with E-state index in [2.05, 4.69) is 32.5 Å². The standard InChI is InChI=1S/C19H33NO5/c1-8-11-19(16(21)24-9-2,17(22)25-10-3)15(13-20-23)14(4)12-18(5,6)7/h8,13-15,23H,1,9-12H2,2-7H3/b20-13+/t14-,15+/m0/s1. The van der Waals surface area contributed by atoms with E-state index in [-0.39, 0.29) is 31.0 Å². The number of hydrogen-bond donors (Lipinski definition) is 1. The second kappa shape index (κ2) is 10.2. The van der Waals surface area contributed by atoms with E-state index in [0.717, 1.165) is 0 Å². The molecule has 0 radical (unpaired) electrons. The molecule has 0 aliphatic rings. The lowest BCUT2D eigenvalue weighted by molar-refractivity contribution is -0.176. The zero-order valence-corrected chi connectivity index (χ0v) is 16.4. The molecule has 0 bridgehead atoms. The van der Waals surface area contributed by atoms with Crippen molar-refractivity contribution in [3.63, 3.8) is 0 Å². The fourth-order valence-corrected chi connectivity index (χ4v) is 3.33. The van der Waals surface area contributed by atoms with Crippen molar-refractivity contribution in [2.24, 2.45) is 27.8 Å². The van der Waals surface area contributed by atoms with Crippen LogP contribution >= 0.6 is 0 Å². The van der Waals surface area contributed by atoms with Crippen LogP contribution in [0, 0.1) is 22.7 Å². The zero-order valence-electron chi connectivity index (χ0n) is 16.4. The normalized spacial score (nSPS) is 14.8. The average molecular weight is 355 g/mol. The summed E-state index contributed by atoms with van der Waals surface area (Å²) in [7, 11) is 0. The molecule has 0 rings (SSSR count). The van der Waals surface area contributed by atoms with Gasteiger partial charge in [-0.2, -0.15) is 0 Å². The molecule has 0 aromatic carbocycles. The second-order valence-electron chi connectivity index (χ2n) is 7.44. The first-order valence-electron chi connectivity index (χ1n) is 8.73. The first-order chi connectivity index (χ1) is 11.6. The van der Waals surface area contributed by atoms with Crippen LogP contribution in [-0.2, 0) is 19.1 Å². The van der Waals surface area contributed by atoms with Crippen molar-refractivity contribution >= 4 is 18.2 Å². The van der Waals surface area contributed by atoms with Gasteiger partial charge in [0.25, 0.3) is 0 Å². The van der Waals surface area contributed by atoms with Gasteiger partial charge >= 0.3 is 11.9 Å². The van der Waals surface area contributed by atoms with Crippen molar-refractivity contribution in [2.75, 3.05) is 13.2 Å². The first-order valence-corrected chi connectivity index (χ1v) is 8.73. The molecule has 0 aromatic heterocycles. The third-order valence-electron chi connectivity index (χ3n) is 4.09. The van der Waals surface area contributed by atoms with Crippen LogP contribution in [0.25, 0.3) is 0 Å². The number of allylic oxidation sites excluding steroid dienone is 1. The van der Waals surface area contributed by atoms with Crippen molar-refractivity contribution in [1.82, 2.24) is 0 Å². The highest BCUT2D eigenvalue weighted by Crippen LogP contribution is 2.42. The molecule has 0 unspecified atom stereocenters. The summed E-state index contributed by atoms with van der Waals surface area (Å²) in [5, 5.41) is 12.3. The molecule has 0 amide bonds. The van der Waals surface area contributed by atoms with Crippen molar-refractivity contribution < 1.29 is 24.3 Å². The summed E-state index contributed by atoms with van der Waals surface area (Å²) >= 11 is 0. The van der Waals surface area contributed by atoms with Gasteiger partial charge in [-0.3, -0.25) is 9.59 Å². The summed E-state index contributed by atoms with van der Waals surface area (Å²) in [6.07, 6.45) is 3.49. The van der Waals surface area contributed by atoms with Gasteiger partial charge < -0.3 is 14.7 Å². The Morgan fingerprint density at radius 2 is 1.64 bits per heavy atom. The Balaban J connectivity index is 6.26. The number of rotatable bonds is 10. The molecular formula is C19H33NO5. The Morgan fingerprint density at radius 1 is 1.16 bits per heavy atom. The van der Waals surface area contributed by atoms with E-state index in [4.69, 9.17) is 9.47 Å². The van der Waals surface area contributed by atoms with Crippen LogP contribution in [0.1, 0.15) is 54.4 Å². The van der Waals surface area contributed by atoms with Gasteiger partial charge in [-0.15, -0.1) is 11.7 Å². The second-order valence-corrected chi connectivity index (χ2v) is 7.44. The molecule has 2 atom stereocenters. The van der Waals surface area contributed by atoms with Gasteiger partial charge in [-0.05, 0) is 38.0 Å². The average Bonchev–Trinajstić information content (AvgIpc) is 2.49. The fraction of sp³-hybridized carbons (Fsp3) is 0.737. The van der Waals surface area contributed by atoms with Crippen LogP contribution in [0.2, 0.25) is 0 Å². The fourth-order valence-electron chi connectivity index (χ4n) is 3.33. The molecule has 144 valence electrons. The number of hydrogen-bond acceptors (Lipinski definition) is 6. The summed E-state index contributed by atoms with van der Waals surface area (Å²) in [6.45, 7) is 15.4. The van der Waals surface area contributed by atoms with E-state index in [1.165, 1.54) is 12.3 Å². The monoisotopic (exact) mass is 355 g/mol. The SMILES string of the molecule is C=CCC(C(=O)OCC)(C(=O)OCC)[C@H](/C=N/O)[C@@H](C)CC(C)(C)C. The van der Waals surface area contributed by atoms with E-state index in [9.17, 15) is 14.8 Å². The third-order valence-corrected chi connectivity index (χ3v) is 4.09. The van der Waals surface area contributed by atoms with Gasteiger partial charge in [-0.1, -0.05) is 33.8 Å². The Kier molecular flexibility index (Phi) is 9.46. The van der Waals surface area contributed by atoms with Gasteiger partial charge in [0.15, 0.2) is 5.41 Å². The molecule has 0 aliphatic heterocycles. The summed E-state index contributed by atoms with van der Waals surface area (Å²) in [4.78, 5) is 25.7. The lowest BCUT2D eigenvalue weighted by Crippen LogP contribution is -2.50. The Bertz CT molecular complexity index is 461. The van der Waals surface area contributed by atoms with E-state index in [1.807, 2.05) is 6.92 Å². The molecule has 0 aromatic rings. The van der Waals surface area contributed by atoms with E-state index >= 15 is 0 Å². The van der Waals surface area contributed by atoms with E-state index < -0.39 is 23.3 Å². The molecule has 25 heavy (non-hydrogen) atoms. The number of ether oxygens (including phenoxy) is 2. The lowest BCUT2D eigenvalue weighted by atomic mass is 9.65. The number of nitrogens with zero attached hydrogens (tertiary/aromatic N) is 1. The summed E-state index contributed by atoms with van der Waals surface area (Å²) in [5.41, 5.74) is -1.66. The van der Waals surface area contributed by atoms with Gasteiger partial charge in [0.05, 0.1) is 13.2 Å². The Labute approximate surface area is 151 Å². The summed E-state index contributed by atoms with van der Waals surface area (Å²) in [6, 6.07) is 0. The topological polar surface area (TPSA) is 85.2 Å². The van der Waals surface area contributed by atoms with Crippen LogP contribution in [-0.4, -0.2) is 36.6 Å². The lowest BCUT2D eigenvalue weighted by Gasteiger charge is -2.38. The molecule has 0 aliphatic carbocycles. The third kappa shape index (κ3) is 6.18. The van der Waals surface area contributed by atoms with Crippen molar-refractivity contribution in [2.45, 2.75) is 54.4 Å². The first kappa shape index (κ1) is 23.1. The molecular weight excluding hydrogens is 322 g/mol. The summed E-state index contributed by atoms with van der Waals surface area (Å²) < 4.78 is 10.4. The quantitative estimate of drug-likeness (QED) is 0.161. The highest BCUT2D eigenvalue weighted by Gasteiger charge is 2.55. The van der Waals surface area contributed by atoms with Gasteiger partial charge in [0, 0.05) is 12.1 Å². The van der Waals surface area contributed by atoms with Crippen LogP contribution in [0.3, 0.4) is 0 Å². The van der Waals surface area contributed by atoms with Crippen LogP contribution < -0.4 is 0 Å². The number of carbonyl (C=O) groups is 2. The minimum atomic E-state index is -1.62. The molecule has 6 heteroatoms. The van der Waals surface area contributed by atoms with Crippen molar-refractivity contribution in [3.05, 3.63) is 12.7 Å². The Morgan fingerprint density at radius 3 is 1.96 bits per heavy atom. The highest BCUT2D eigenvalue weighted by atomic mass is 16.6. The molecule has 0 fully saturated rings. The molecule has 1 N–H and O–H groups in total. The van der Waals surface area contributed by atoms with Gasteiger partial charge in [0.1, 0.15) is 0 Å². The van der Waals surface area contributed by atoms with Crippen LogP contribution in [0.15, 0.2) is 17.8 Å². The largest absolute Gasteiger partial charge is 0.465 e. The number of oxime groups is 1. The predicted molar refractivity (Wildman–Crippen MR) is 97.5 cm³/mol. The van der Waals surface area contributed by atoms with Gasteiger partial charge in [0.2, 0.25) is 0 Å². The minimum absolute atomic E-state index is 0.0375. The molecule has 0 saturated heterocycles. The van der Waals surface area contributed by atoms with Crippen LogP contribution in [0.5, 0.6) is 0 Å².